The average molecular weight is 379 g/mol. The van der Waals surface area contributed by atoms with Crippen LogP contribution < -0.4 is 15.8 Å². The lowest BCUT2D eigenvalue weighted by Gasteiger charge is -2.34. The molecule has 0 unspecified atom stereocenters. The van der Waals surface area contributed by atoms with Crippen LogP contribution in [0.25, 0.3) is 10.9 Å². The van der Waals surface area contributed by atoms with Crippen molar-refractivity contribution in [3.8, 4) is 0 Å². The minimum absolute atomic E-state index is 0.0592. The summed E-state index contributed by atoms with van der Waals surface area (Å²) in [4.78, 5) is 31.7. The highest BCUT2D eigenvalue weighted by molar-refractivity contribution is 5.87. The van der Waals surface area contributed by atoms with Crippen LogP contribution in [0, 0.1) is 17.0 Å². The van der Waals surface area contributed by atoms with Gasteiger partial charge in [-0.2, -0.15) is 0 Å². The van der Waals surface area contributed by atoms with Crippen molar-refractivity contribution in [3.63, 3.8) is 0 Å². The van der Waals surface area contributed by atoms with Crippen LogP contribution >= 0.6 is 0 Å². The maximum absolute atomic E-state index is 11.9. The van der Waals surface area contributed by atoms with Crippen LogP contribution in [0.3, 0.4) is 0 Å². The van der Waals surface area contributed by atoms with Gasteiger partial charge < -0.3 is 15.2 Å². The van der Waals surface area contributed by atoms with E-state index in [1.54, 1.807) is 6.07 Å². The van der Waals surface area contributed by atoms with Gasteiger partial charge in [0.25, 0.3) is 11.2 Å². The van der Waals surface area contributed by atoms with Crippen molar-refractivity contribution in [3.05, 3.63) is 68.8 Å². The summed E-state index contributed by atoms with van der Waals surface area (Å²) in [6, 6.07) is 11.6. The van der Waals surface area contributed by atoms with Gasteiger partial charge in [0.2, 0.25) is 0 Å². The molecule has 28 heavy (non-hydrogen) atoms. The number of hydrogen-bond acceptors (Lipinski definition) is 6. The molecule has 0 saturated carbocycles. The lowest BCUT2D eigenvalue weighted by Crippen LogP contribution is -2.39. The molecule has 0 aliphatic carbocycles. The van der Waals surface area contributed by atoms with E-state index < -0.39 is 4.92 Å². The average Bonchev–Trinajstić information content (AvgIpc) is 2.68. The molecule has 2 aromatic carbocycles. The second-order valence-corrected chi connectivity index (χ2v) is 7.12. The number of piperidine rings is 1. The molecule has 4 rings (SSSR count). The molecule has 0 atom stereocenters. The molecule has 2 heterocycles. The van der Waals surface area contributed by atoms with Gasteiger partial charge in [-0.25, -0.2) is 4.98 Å². The summed E-state index contributed by atoms with van der Waals surface area (Å²) >= 11 is 0. The number of nitro groups is 1. The zero-order chi connectivity index (χ0) is 19.7. The molecule has 8 heteroatoms. The maximum Gasteiger partial charge on any atom is 0.293 e. The summed E-state index contributed by atoms with van der Waals surface area (Å²) in [5.41, 5.74) is 2.85. The van der Waals surface area contributed by atoms with E-state index in [1.165, 1.54) is 18.0 Å². The smallest absolute Gasteiger partial charge is 0.293 e. The Kier molecular flexibility index (Phi) is 4.68. The lowest BCUT2D eigenvalue weighted by atomic mass is 10.0. The van der Waals surface area contributed by atoms with Crippen LogP contribution in [-0.4, -0.2) is 34.0 Å². The highest BCUT2D eigenvalue weighted by atomic mass is 16.6. The zero-order valence-corrected chi connectivity index (χ0v) is 15.5. The van der Waals surface area contributed by atoms with Gasteiger partial charge in [-0.1, -0.05) is 12.1 Å². The molecule has 1 fully saturated rings. The molecule has 3 aromatic rings. The normalized spacial score (nSPS) is 15.0. The van der Waals surface area contributed by atoms with E-state index in [0.717, 1.165) is 18.5 Å². The van der Waals surface area contributed by atoms with Gasteiger partial charge in [-0.3, -0.25) is 14.9 Å². The highest BCUT2D eigenvalue weighted by Crippen LogP contribution is 2.33. The first-order valence-corrected chi connectivity index (χ1v) is 9.25. The van der Waals surface area contributed by atoms with E-state index in [0.29, 0.717) is 30.3 Å². The largest absolute Gasteiger partial charge is 0.382 e. The number of hydrogen-bond donors (Lipinski definition) is 2. The third-order valence-corrected chi connectivity index (χ3v) is 5.16. The van der Waals surface area contributed by atoms with Crippen molar-refractivity contribution in [2.45, 2.75) is 25.8 Å². The van der Waals surface area contributed by atoms with Crippen molar-refractivity contribution in [2.24, 2.45) is 0 Å². The van der Waals surface area contributed by atoms with Crippen LogP contribution in [0.2, 0.25) is 0 Å². The van der Waals surface area contributed by atoms with E-state index in [9.17, 15) is 14.9 Å². The maximum atomic E-state index is 11.9. The van der Waals surface area contributed by atoms with Gasteiger partial charge in [-0.05, 0) is 43.5 Å². The molecule has 0 bridgehead atoms. The summed E-state index contributed by atoms with van der Waals surface area (Å²) < 4.78 is 0. The molecular formula is C20H21N5O3. The summed E-state index contributed by atoms with van der Waals surface area (Å²) in [6.07, 6.45) is 3.05. The fourth-order valence-electron chi connectivity index (χ4n) is 3.73. The Hall–Kier alpha value is -3.42. The van der Waals surface area contributed by atoms with E-state index in [2.05, 4.69) is 40.4 Å². The Morgan fingerprint density at radius 3 is 2.75 bits per heavy atom. The first kappa shape index (κ1) is 18.0. The van der Waals surface area contributed by atoms with Crippen molar-refractivity contribution in [1.82, 2.24) is 9.97 Å². The predicted octanol–water partition coefficient (Wildman–Crippen LogP) is 3.22. The number of benzene rings is 2. The van der Waals surface area contributed by atoms with Gasteiger partial charge in [0.1, 0.15) is 5.69 Å². The molecule has 8 nitrogen and oxygen atoms in total. The Balaban J connectivity index is 1.55. The number of nitrogens with one attached hydrogen (secondary N) is 2. The van der Waals surface area contributed by atoms with Crippen LogP contribution in [-0.2, 0) is 0 Å². The summed E-state index contributed by atoms with van der Waals surface area (Å²) in [6.45, 7) is 3.45. The van der Waals surface area contributed by atoms with Gasteiger partial charge in [-0.15, -0.1) is 0 Å². The number of aromatic amines is 1. The minimum Gasteiger partial charge on any atom is -0.382 e. The third-order valence-electron chi connectivity index (χ3n) is 5.16. The summed E-state index contributed by atoms with van der Waals surface area (Å²) in [5.74, 6) is 0. The Morgan fingerprint density at radius 2 is 2.04 bits per heavy atom. The van der Waals surface area contributed by atoms with Crippen LogP contribution in [0.15, 0.2) is 47.5 Å². The minimum atomic E-state index is -0.432. The fourth-order valence-corrected chi connectivity index (χ4v) is 3.73. The number of nitrogens with zero attached hydrogens (tertiary/aromatic N) is 3. The zero-order valence-electron chi connectivity index (χ0n) is 15.5. The van der Waals surface area contributed by atoms with Crippen molar-refractivity contribution in [1.29, 1.82) is 0 Å². The molecule has 1 aromatic heterocycles. The van der Waals surface area contributed by atoms with Crippen LogP contribution in [0.1, 0.15) is 18.4 Å². The first-order chi connectivity index (χ1) is 13.5. The van der Waals surface area contributed by atoms with Crippen molar-refractivity contribution >= 4 is 28.0 Å². The number of H-pyrrole nitrogens is 1. The predicted molar refractivity (Wildman–Crippen MR) is 109 cm³/mol. The Labute approximate surface area is 161 Å². The van der Waals surface area contributed by atoms with E-state index in [-0.39, 0.29) is 16.6 Å². The second kappa shape index (κ2) is 7.30. The molecule has 0 spiro atoms. The Morgan fingerprint density at radius 1 is 1.25 bits per heavy atom. The number of rotatable bonds is 4. The molecule has 0 amide bonds. The molecule has 1 saturated heterocycles. The van der Waals surface area contributed by atoms with Crippen molar-refractivity contribution in [2.75, 3.05) is 23.3 Å². The quantitative estimate of drug-likeness (QED) is 0.533. The summed E-state index contributed by atoms with van der Waals surface area (Å²) in [7, 11) is 0. The molecule has 0 radical (unpaired) electrons. The number of fused-ring (bicyclic) bond motifs is 1. The second-order valence-electron chi connectivity index (χ2n) is 7.12. The van der Waals surface area contributed by atoms with E-state index >= 15 is 0 Å². The number of aryl methyl sites for hydroxylation is 1. The molecule has 2 N–H and O–H groups in total. The van der Waals surface area contributed by atoms with E-state index in [1.807, 2.05) is 11.0 Å². The molecular weight excluding hydrogens is 358 g/mol. The monoisotopic (exact) mass is 379 g/mol. The van der Waals surface area contributed by atoms with Gasteiger partial charge in [0, 0.05) is 30.9 Å². The summed E-state index contributed by atoms with van der Waals surface area (Å²) in [5, 5.41) is 15.4. The van der Waals surface area contributed by atoms with E-state index in [4.69, 9.17) is 0 Å². The number of anilines is 2. The van der Waals surface area contributed by atoms with Gasteiger partial charge in [0.15, 0.2) is 0 Å². The lowest BCUT2D eigenvalue weighted by molar-refractivity contribution is -0.384. The van der Waals surface area contributed by atoms with Crippen LogP contribution in [0.4, 0.5) is 17.1 Å². The standard InChI is InChI=1S/C20H21N5O3/c1-13-3-2-4-15(9-13)23-14-5-7-24(8-6-14)18-11-17-16(10-19(18)25(27)28)20(26)22-12-21-17/h2-4,9-12,14,23H,5-8H2,1H3,(H,21,22,26). The van der Waals surface area contributed by atoms with Crippen molar-refractivity contribution < 1.29 is 4.92 Å². The first-order valence-electron chi connectivity index (χ1n) is 9.25. The topological polar surface area (TPSA) is 104 Å². The third kappa shape index (κ3) is 3.53. The molecule has 144 valence electrons. The Bertz CT molecular complexity index is 1090. The number of aromatic nitrogens is 2. The van der Waals surface area contributed by atoms with Crippen LogP contribution in [0.5, 0.6) is 0 Å². The fraction of sp³-hybridized carbons (Fsp3) is 0.300. The highest BCUT2D eigenvalue weighted by Gasteiger charge is 2.26. The van der Waals surface area contributed by atoms with Gasteiger partial charge >= 0.3 is 0 Å². The number of nitro benzene ring substituents is 1. The SMILES string of the molecule is Cc1cccc(NC2CCN(c3cc4nc[nH]c(=O)c4cc3[N+](=O)[O-])CC2)c1. The molecule has 1 aliphatic rings. The molecule has 1 aliphatic heterocycles. The van der Waals surface area contributed by atoms with Gasteiger partial charge in [0.05, 0.1) is 22.2 Å².